The monoisotopic (exact) mass is 354 g/mol. The summed E-state index contributed by atoms with van der Waals surface area (Å²) >= 11 is 1.32. The summed E-state index contributed by atoms with van der Waals surface area (Å²) < 4.78 is 7.18. The van der Waals surface area contributed by atoms with Gasteiger partial charge in [-0.15, -0.1) is 10.2 Å². The number of aryl methyl sites for hydroxylation is 1. The lowest BCUT2D eigenvalue weighted by atomic mass is 10.2. The first-order chi connectivity index (χ1) is 12.2. The topological polar surface area (TPSA) is 69.0 Å². The number of nitrogens with one attached hydrogen (secondary N) is 1. The highest BCUT2D eigenvalue weighted by Crippen LogP contribution is 2.26. The molecule has 0 aliphatic rings. The molecule has 0 aliphatic carbocycles. The van der Waals surface area contributed by atoms with Gasteiger partial charge in [0.1, 0.15) is 12.1 Å². The fraction of sp³-hybridized carbons (Fsp3) is 0.167. The molecule has 3 rings (SSSR count). The number of rotatable bonds is 6. The second-order valence-corrected chi connectivity index (χ2v) is 6.30. The van der Waals surface area contributed by atoms with Gasteiger partial charge >= 0.3 is 0 Å². The Bertz CT molecular complexity index is 862. The van der Waals surface area contributed by atoms with E-state index in [2.05, 4.69) is 15.5 Å². The van der Waals surface area contributed by atoms with E-state index in [1.165, 1.54) is 11.8 Å². The summed E-state index contributed by atoms with van der Waals surface area (Å²) in [6.07, 6.45) is 1.61. The predicted octanol–water partition coefficient (Wildman–Crippen LogP) is 3.32. The van der Waals surface area contributed by atoms with Gasteiger partial charge in [-0.1, -0.05) is 41.6 Å². The minimum Gasteiger partial charge on any atom is -0.495 e. The van der Waals surface area contributed by atoms with E-state index in [0.717, 1.165) is 16.9 Å². The molecule has 0 unspecified atom stereocenters. The molecule has 0 radical (unpaired) electrons. The molecule has 25 heavy (non-hydrogen) atoms. The van der Waals surface area contributed by atoms with E-state index < -0.39 is 0 Å². The van der Waals surface area contributed by atoms with Gasteiger partial charge in [0, 0.05) is 5.69 Å². The SMILES string of the molecule is COc1ccccc1-n1cnnc1SCC(=O)Nc1ccc(C)cc1. The summed E-state index contributed by atoms with van der Waals surface area (Å²) in [6.45, 7) is 2.01. The summed E-state index contributed by atoms with van der Waals surface area (Å²) in [5, 5.41) is 11.5. The van der Waals surface area contributed by atoms with Crippen LogP contribution in [-0.4, -0.2) is 33.5 Å². The standard InChI is InChI=1S/C18H18N4O2S/c1-13-7-9-14(10-8-13)20-17(23)11-25-18-21-19-12-22(18)15-5-3-4-6-16(15)24-2/h3-10,12H,11H2,1-2H3,(H,20,23). The highest BCUT2D eigenvalue weighted by Gasteiger charge is 2.13. The van der Waals surface area contributed by atoms with Crippen LogP contribution in [0.3, 0.4) is 0 Å². The smallest absolute Gasteiger partial charge is 0.234 e. The van der Waals surface area contributed by atoms with Crippen LogP contribution in [0.5, 0.6) is 5.75 Å². The number of aromatic nitrogens is 3. The molecule has 0 fully saturated rings. The minimum atomic E-state index is -0.0940. The number of hydrogen-bond acceptors (Lipinski definition) is 5. The Morgan fingerprint density at radius 3 is 2.72 bits per heavy atom. The third kappa shape index (κ3) is 4.19. The number of carbonyl (C=O) groups is 1. The fourth-order valence-corrected chi connectivity index (χ4v) is 3.00. The van der Waals surface area contributed by atoms with Crippen LogP contribution in [0.25, 0.3) is 5.69 Å². The maximum atomic E-state index is 12.1. The number of amides is 1. The zero-order chi connectivity index (χ0) is 17.6. The molecule has 0 aliphatic heterocycles. The normalized spacial score (nSPS) is 10.5. The van der Waals surface area contributed by atoms with Crippen LogP contribution in [-0.2, 0) is 4.79 Å². The number of para-hydroxylation sites is 2. The minimum absolute atomic E-state index is 0.0940. The second kappa shape index (κ2) is 7.85. The maximum Gasteiger partial charge on any atom is 0.234 e. The van der Waals surface area contributed by atoms with Crippen molar-refractivity contribution in [1.29, 1.82) is 0 Å². The lowest BCUT2D eigenvalue weighted by Gasteiger charge is -2.10. The van der Waals surface area contributed by atoms with Gasteiger partial charge in [0.05, 0.1) is 18.6 Å². The number of nitrogens with zero attached hydrogens (tertiary/aromatic N) is 3. The van der Waals surface area contributed by atoms with Crippen molar-refractivity contribution in [2.24, 2.45) is 0 Å². The highest BCUT2D eigenvalue weighted by molar-refractivity contribution is 7.99. The van der Waals surface area contributed by atoms with Crippen molar-refractivity contribution in [3.8, 4) is 11.4 Å². The zero-order valence-corrected chi connectivity index (χ0v) is 14.8. The van der Waals surface area contributed by atoms with E-state index in [4.69, 9.17) is 4.74 Å². The molecule has 0 saturated heterocycles. The van der Waals surface area contributed by atoms with Crippen molar-refractivity contribution in [2.45, 2.75) is 12.1 Å². The van der Waals surface area contributed by atoms with Crippen LogP contribution in [0.2, 0.25) is 0 Å². The van der Waals surface area contributed by atoms with E-state index >= 15 is 0 Å². The van der Waals surface area contributed by atoms with Crippen LogP contribution in [0.1, 0.15) is 5.56 Å². The van der Waals surface area contributed by atoms with Crippen molar-refractivity contribution in [2.75, 3.05) is 18.2 Å². The molecule has 2 aromatic carbocycles. The number of thioether (sulfide) groups is 1. The van der Waals surface area contributed by atoms with Gasteiger partial charge in [0.15, 0.2) is 5.16 Å². The van der Waals surface area contributed by atoms with Crippen LogP contribution in [0.4, 0.5) is 5.69 Å². The molecule has 0 saturated carbocycles. The number of benzene rings is 2. The summed E-state index contributed by atoms with van der Waals surface area (Å²) in [7, 11) is 1.62. The third-order valence-electron chi connectivity index (χ3n) is 3.53. The van der Waals surface area contributed by atoms with E-state index in [1.54, 1.807) is 13.4 Å². The quantitative estimate of drug-likeness (QED) is 0.688. The lowest BCUT2D eigenvalue weighted by Crippen LogP contribution is -2.14. The van der Waals surface area contributed by atoms with Crippen molar-refractivity contribution < 1.29 is 9.53 Å². The molecule has 128 valence electrons. The average molecular weight is 354 g/mol. The average Bonchev–Trinajstić information content (AvgIpc) is 3.10. The summed E-state index contributed by atoms with van der Waals surface area (Å²) in [5.41, 5.74) is 2.76. The zero-order valence-electron chi connectivity index (χ0n) is 14.0. The van der Waals surface area contributed by atoms with E-state index in [-0.39, 0.29) is 11.7 Å². The largest absolute Gasteiger partial charge is 0.495 e. The molecule has 1 heterocycles. The molecule has 0 atom stereocenters. The molecule has 1 amide bonds. The molecule has 0 bridgehead atoms. The van der Waals surface area contributed by atoms with Crippen LogP contribution >= 0.6 is 11.8 Å². The van der Waals surface area contributed by atoms with E-state index in [9.17, 15) is 4.79 Å². The predicted molar refractivity (Wildman–Crippen MR) is 98.4 cm³/mol. The molecule has 0 spiro atoms. The van der Waals surface area contributed by atoms with Crippen molar-refractivity contribution >= 4 is 23.4 Å². The first-order valence-electron chi connectivity index (χ1n) is 7.70. The van der Waals surface area contributed by atoms with Gasteiger partial charge in [-0.2, -0.15) is 0 Å². The number of methoxy groups -OCH3 is 1. The Morgan fingerprint density at radius 2 is 1.96 bits per heavy atom. The van der Waals surface area contributed by atoms with Crippen LogP contribution in [0, 0.1) is 6.92 Å². The number of hydrogen-bond donors (Lipinski definition) is 1. The van der Waals surface area contributed by atoms with Gasteiger partial charge in [0.25, 0.3) is 0 Å². The van der Waals surface area contributed by atoms with Gasteiger partial charge < -0.3 is 10.1 Å². The summed E-state index contributed by atoms with van der Waals surface area (Å²) in [6, 6.07) is 15.3. The van der Waals surface area contributed by atoms with Gasteiger partial charge in [-0.25, -0.2) is 0 Å². The third-order valence-corrected chi connectivity index (χ3v) is 4.47. The first-order valence-corrected chi connectivity index (χ1v) is 8.68. The molecule has 1 N–H and O–H groups in total. The van der Waals surface area contributed by atoms with Gasteiger partial charge in [0.2, 0.25) is 5.91 Å². The molecule has 6 nitrogen and oxygen atoms in total. The highest BCUT2D eigenvalue weighted by atomic mass is 32.2. The molecule has 3 aromatic rings. The Balaban J connectivity index is 1.67. The Hall–Kier alpha value is -2.80. The molecule has 7 heteroatoms. The Kier molecular flexibility index (Phi) is 5.35. The van der Waals surface area contributed by atoms with Crippen molar-refractivity contribution in [3.05, 3.63) is 60.4 Å². The van der Waals surface area contributed by atoms with Crippen LogP contribution < -0.4 is 10.1 Å². The second-order valence-electron chi connectivity index (χ2n) is 5.36. The lowest BCUT2D eigenvalue weighted by molar-refractivity contribution is -0.113. The Labute approximate surface area is 150 Å². The summed E-state index contributed by atoms with van der Waals surface area (Å²) in [5.74, 6) is 0.860. The van der Waals surface area contributed by atoms with E-state index in [1.807, 2.05) is 60.0 Å². The van der Waals surface area contributed by atoms with E-state index in [0.29, 0.717) is 10.9 Å². The molecular weight excluding hydrogens is 336 g/mol. The van der Waals surface area contributed by atoms with Gasteiger partial charge in [-0.3, -0.25) is 9.36 Å². The molecular formula is C18H18N4O2S. The maximum absolute atomic E-state index is 12.1. The number of carbonyl (C=O) groups excluding carboxylic acids is 1. The van der Waals surface area contributed by atoms with Gasteiger partial charge in [-0.05, 0) is 31.2 Å². The van der Waals surface area contributed by atoms with Crippen molar-refractivity contribution in [1.82, 2.24) is 14.8 Å². The van der Waals surface area contributed by atoms with Crippen molar-refractivity contribution in [3.63, 3.8) is 0 Å². The summed E-state index contributed by atoms with van der Waals surface area (Å²) in [4.78, 5) is 12.1. The Morgan fingerprint density at radius 1 is 1.20 bits per heavy atom. The fourth-order valence-electron chi connectivity index (χ4n) is 2.28. The molecule has 1 aromatic heterocycles. The first kappa shape index (κ1) is 17.0. The number of ether oxygens (including phenoxy) is 1. The van der Waals surface area contributed by atoms with Crippen LogP contribution in [0.15, 0.2) is 60.0 Å². The number of anilines is 1.